The molecule has 132 valence electrons. The summed E-state index contributed by atoms with van der Waals surface area (Å²) in [7, 11) is -3.57. The smallest absolute Gasteiger partial charge is 0.246 e. The van der Waals surface area contributed by atoms with Crippen molar-refractivity contribution in [3.8, 4) is 0 Å². The molecule has 1 atom stereocenters. The molecule has 2 aliphatic rings. The minimum atomic E-state index is -3.57. The first-order chi connectivity index (χ1) is 11.5. The fourth-order valence-corrected chi connectivity index (χ4v) is 4.67. The van der Waals surface area contributed by atoms with E-state index >= 15 is 0 Å². The van der Waals surface area contributed by atoms with Crippen LogP contribution >= 0.6 is 11.8 Å². The summed E-state index contributed by atoms with van der Waals surface area (Å²) in [6.45, 7) is 1.50. The monoisotopic (exact) mass is 371 g/mol. The Hall–Kier alpha value is -1.29. The van der Waals surface area contributed by atoms with Crippen LogP contribution in [-0.4, -0.2) is 63.0 Å². The molecule has 1 fully saturated rings. The Morgan fingerprint density at radius 2 is 2.04 bits per heavy atom. The Labute approximate surface area is 146 Å². The standard InChI is InChI=1S/C15H21N3O4S2/c1-23-9-4-13-15(19)17-14-10-11(2-3-12(14)16-13)24(20,21)18-5-7-22-8-6-18/h2-3,10,13,16H,4-9H2,1H3,(H,17,19)/t13-/m0/s1. The molecule has 1 saturated heterocycles. The van der Waals surface area contributed by atoms with Crippen molar-refractivity contribution in [3.05, 3.63) is 18.2 Å². The van der Waals surface area contributed by atoms with Crippen molar-refractivity contribution in [2.24, 2.45) is 0 Å². The molecule has 0 spiro atoms. The van der Waals surface area contributed by atoms with Gasteiger partial charge in [-0.15, -0.1) is 0 Å². The third-order valence-corrected chi connectivity index (χ3v) is 6.65. The molecule has 0 unspecified atom stereocenters. The minimum Gasteiger partial charge on any atom is -0.379 e. The zero-order valence-electron chi connectivity index (χ0n) is 13.4. The number of nitrogens with zero attached hydrogens (tertiary/aromatic N) is 1. The summed E-state index contributed by atoms with van der Waals surface area (Å²) in [5, 5.41) is 6.00. The number of thioether (sulfide) groups is 1. The van der Waals surface area contributed by atoms with Gasteiger partial charge in [0.1, 0.15) is 6.04 Å². The highest BCUT2D eigenvalue weighted by molar-refractivity contribution is 7.98. The van der Waals surface area contributed by atoms with Gasteiger partial charge < -0.3 is 15.4 Å². The third-order valence-electron chi connectivity index (χ3n) is 4.11. The van der Waals surface area contributed by atoms with Crippen molar-refractivity contribution in [2.45, 2.75) is 17.4 Å². The quantitative estimate of drug-likeness (QED) is 0.809. The van der Waals surface area contributed by atoms with Gasteiger partial charge in [-0.3, -0.25) is 4.79 Å². The predicted octanol–water partition coefficient (Wildman–Crippen LogP) is 1.19. The number of nitrogens with one attached hydrogen (secondary N) is 2. The summed E-state index contributed by atoms with van der Waals surface area (Å²) in [5.74, 6) is 0.752. The molecule has 0 saturated carbocycles. The van der Waals surface area contributed by atoms with Crippen LogP contribution in [0, 0.1) is 0 Å². The SMILES string of the molecule is CSCC[C@@H]1Nc2ccc(S(=O)(=O)N3CCOCC3)cc2NC1=O. The summed E-state index contributed by atoms with van der Waals surface area (Å²) in [6.07, 6.45) is 2.72. The second kappa shape index (κ2) is 7.30. The van der Waals surface area contributed by atoms with E-state index in [1.807, 2.05) is 6.26 Å². The lowest BCUT2D eigenvalue weighted by Gasteiger charge is -2.29. The van der Waals surface area contributed by atoms with E-state index in [0.29, 0.717) is 32.0 Å². The van der Waals surface area contributed by atoms with E-state index in [9.17, 15) is 13.2 Å². The molecular weight excluding hydrogens is 350 g/mol. The maximum atomic E-state index is 12.7. The van der Waals surface area contributed by atoms with Gasteiger partial charge in [0.25, 0.3) is 0 Å². The van der Waals surface area contributed by atoms with Crippen molar-refractivity contribution < 1.29 is 17.9 Å². The molecule has 0 bridgehead atoms. The Kier molecular flexibility index (Phi) is 5.33. The molecule has 0 aromatic heterocycles. The van der Waals surface area contributed by atoms with E-state index in [0.717, 1.165) is 17.9 Å². The molecule has 7 nitrogen and oxygen atoms in total. The molecule has 1 amide bonds. The maximum Gasteiger partial charge on any atom is 0.246 e. The van der Waals surface area contributed by atoms with Gasteiger partial charge in [0, 0.05) is 13.1 Å². The van der Waals surface area contributed by atoms with Crippen LogP contribution in [0.1, 0.15) is 6.42 Å². The fourth-order valence-electron chi connectivity index (χ4n) is 2.76. The highest BCUT2D eigenvalue weighted by atomic mass is 32.2. The number of benzene rings is 1. The van der Waals surface area contributed by atoms with E-state index in [-0.39, 0.29) is 16.8 Å². The Morgan fingerprint density at radius 1 is 1.29 bits per heavy atom. The minimum absolute atomic E-state index is 0.127. The number of hydrogen-bond acceptors (Lipinski definition) is 6. The van der Waals surface area contributed by atoms with Crippen LogP contribution in [0.3, 0.4) is 0 Å². The second-order valence-electron chi connectivity index (χ2n) is 5.69. The number of carbonyl (C=O) groups is 1. The first-order valence-electron chi connectivity index (χ1n) is 7.80. The van der Waals surface area contributed by atoms with Crippen molar-refractivity contribution in [1.29, 1.82) is 0 Å². The normalized spacial score (nSPS) is 21.7. The van der Waals surface area contributed by atoms with E-state index in [2.05, 4.69) is 10.6 Å². The largest absolute Gasteiger partial charge is 0.379 e. The van der Waals surface area contributed by atoms with Crippen molar-refractivity contribution in [2.75, 3.05) is 48.9 Å². The second-order valence-corrected chi connectivity index (χ2v) is 8.62. The van der Waals surface area contributed by atoms with E-state index in [4.69, 9.17) is 4.74 Å². The lowest BCUT2D eigenvalue weighted by molar-refractivity contribution is -0.117. The summed E-state index contributed by atoms with van der Waals surface area (Å²) in [6, 6.07) is 4.54. The van der Waals surface area contributed by atoms with E-state index < -0.39 is 10.0 Å². The van der Waals surface area contributed by atoms with Crippen molar-refractivity contribution in [1.82, 2.24) is 4.31 Å². The number of morpholine rings is 1. The van der Waals surface area contributed by atoms with Gasteiger partial charge in [0.15, 0.2) is 0 Å². The zero-order chi connectivity index (χ0) is 17.2. The number of rotatable bonds is 5. The van der Waals surface area contributed by atoms with Crippen LogP contribution in [0.25, 0.3) is 0 Å². The van der Waals surface area contributed by atoms with Crippen LogP contribution < -0.4 is 10.6 Å². The van der Waals surface area contributed by atoms with Gasteiger partial charge in [-0.25, -0.2) is 8.42 Å². The molecule has 1 aromatic carbocycles. The molecule has 0 radical (unpaired) electrons. The van der Waals surface area contributed by atoms with E-state index in [1.54, 1.807) is 23.9 Å². The van der Waals surface area contributed by atoms with Gasteiger partial charge in [-0.05, 0) is 36.6 Å². The molecular formula is C15H21N3O4S2. The topological polar surface area (TPSA) is 87.7 Å². The van der Waals surface area contributed by atoms with Crippen LogP contribution in [0.2, 0.25) is 0 Å². The van der Waals surface area contributed by atoms with Gasteiger partial charge in [0.05, 0.1) is 29.5 Å². The number of ether oxygens (including phenoxy) is 1. The number of amides is 1. The van der Waals surface area contributed by atoms with Gasteiger partial charge in [-0.1, -0.05) is 0 Å². The number of hydrogen-bond donors (Lipinski definition) is 2. The van der Waals surface area contributed by atoms with Crippen LogP contribution in [-0.2, 0) is 19.6 Å². The van der Waals surface area contributed by atoms with Crippen LogP contribution in [0.4, 0.5) is 11.4 Å². The van der Waals surface area contributed by atoms with Gasteiger partial charge in [-0.2, -0.15) is 16.1 Å². The van der Waals surface area contributed by atoms with Crippen molar-refractivity contribution >= 4 is 39.1 Å². The summed E-state index contributed by atoms with van der Waals surface area (Å²) >= 11 is 1.69. The highest BCUT2D eigenvalue weighted by Crippen LogP contribution is 2.31. The molecule has 2 aliphatic heterocycles. The number of carbonyl (C=O) groups excluding carboxylic acids is 1. The Balaban J connectivity index is 1.82. The number of anilines is 2. The Morgan fingerprint density at radius 3 is 2.75 bits per heavy atom. The lowest BCUT2D eigenvalue weighted by Crippen LogP contribution is -2.41. The highest BCUT2D eigenvalue weighted by Gasteiger charge is 2.29. The van der Waals surface area contributed by atoms with E-state index in [1.165, 1.54) is 10.4 Å². The Bertz CT molecular complexity index is 717. The molecule has 9 heteroatoms. The molecule has 0 aliphatic carbocycles. The number of sulfonamides is 1. The van der Waals surface area contributed by atoms with Crippen molar-refractivity contribution in [3.63, 3.8) is 0 Å². The average Bonchev–Trinajstić information content (AvgIpc) is 2.60. The summed E-state index contributed by atoms with van der Waals surface area (Å²) in [5.41, 5.74) is 1.26. The lowest BCUT2D eigenvalue weighted by atomic mass is 10.1. The van der Waals surface area contributed by atoms with Crippen LogP contribution in [0.15, 0.2) is 23.1 Å². The fraction of sp³-hybridized carbons (Fsp3) is 0.533. The van der Waals surface area contributed by atoms with Gasteiger partial charge >= 0.3 is 0 Å². The molecule has 3 rings (SSSR count). The molecule has 2 heterocycles. The molecule has 2 N–H and O–H groups in total. The maximum absolute atomic E-state index is 12.7. The summed E-state index contributed by atoms with van der Waals surface area (Å²) < 4.78 is 32.0. The predicted molar refractivity (Wildman–Crippen MR) is 95.1 cm³/mol. The first kappa shape index (κ1) is 17.5. The number of fused-ring (bicyclic) bond motifs is 1. The first-order valence-corrected chi connectivity index (χ1v) is 10.6. The summed E-state index contributed by atoms with van der Waals surface area (Å²) in [4.78, 5) is 12.4. The average molecular weight is 371 g/mol. The zero-order valence-corrected chi connectivity index (χ0v) is 15.1. The van der Waals surface area contributed by atoms with Gasteiger partial charge in [0.2, 0.25) is 15.9 Å². The third kappa shape index (κ3) is 3.53. The van der Waals surface area contributed by atoms with Crippen LogP contribution in [0.5, 0.6) is 0 Å². The molecule has 24 heavy (non-hydrogen) atoms. The molecule has 1 aromatic rings.